The highest BCUT2D eigenvalue weighted by molar-refractivity contribution is 5.92. The molecule has 0 saturated carbocycles. The highest BCUT2D eigenvalue weighted by Crippen LogP contribution is 2.29. The molecular weight excluding hydrogens is 388 g/mol. The number of carbonyl (C=O) groups excluding carboxylic acids is 1. The third kappa shape index (κ3) is 5.00. The summed E-state index contributed by atoms with van der Waals surface area (Å²) in [4.78, 5) is 15.0. The Hall–Kier alpha value is -3.05. The maximum atomic E-state index is 12.6. The maximum Gasteiger partial charge on any atom is 0.224 e. The van der Waals surface area contributed by atoms with E-state index in [1.807, 2.05) is 30.3 Å². The summed E-state index contributed by atoms with van der Waals surface area (Å²) in [6, 6.07) is 20.3. The van der Waals surface area contributed by atoms with Gasteiger partial charge in [0.2, 0.25) is 5.91 Å². The van der Waals surface area contributed by atoms with Gasteiger partial charge in [-0.2, -0.15) is 0 Å². The standard InChI is InChI=1S/C26H30N2O3/c1-30-22-7-5-17-28(18-22)21-12-10-20(11-13-21)27-26(29)16-14-24-23-8-4-3-6-19(23)9-15-25(24)31-2/h3-4,6,8-13,15,22H,5,7,14,16-18H2,1-2H3,(H,27,29). The molecule has 162 valence electrons. The lowest BCUT2D eigenvalue weighted by molar-refractivity contribution is -0.116. The van der Waals surface area contributed by atoms with Crippen molar-refractivity contribution in [3.05, 3.63) is 66.2 Å². The molecule has 1 unspecified atom stereocenters. The van der Waals surface area contributed by atoms with Crippen LogP contribution in [0.15, 0.2) is 60.7 Å². The summed E-state index contributed by atoms with van der Waals surface area (Å²) >= 11 is 0. The van der Waals surface area contributed by atoms with Crippen LogP contribution in [0.5, 0.6) is 5.75 Å². The number of piperidine rings is 1. The predicted octanol–water partition coefficient (Wildman–Crippen LogP) is 5.03. The van der Waals surface area contributed by atoms with E-state index in [1.165, 1.54) is 5.69 Å². The first-order chi connectivity index (χ1) is 15.2. The van der Waals surface area contributed by atoms with Crippen molar-refractivity contribution in [3.8, 4) is 5.75 Å². The molecular formula is C26H30N2O3. The predicted molar refractivity (Wildman–Crippen MR) is 126 cm³/mol. The Morgan fingerprint density at radius 3 is 2.65 bits per heavy atom. The molecule has 5 nitrogen and oxygen atoms in total. The molecule has 1 N–H and O–H groups in total. The summed E-state index contributed by atoms with van der Waals surface area (Å²) in [5, 5.41) is 5.31. The van der Waals surface area contributed by atoms with Crippen molar-refractivity contribution in [2.24, 2.45) is 0 Å². The molecule has 1 aliphatic rings. The van der Waals surface area contributed by atoms with Crippen LogP contribution in [0.1, 0.15) is 24.8 Å². The second kappa shape index (κ2) is 9.84. The van der Waals surface area contributed by atoms with Crippen LogP contribution in [-0.4, -0.2) is 39.3 Å². The van der Waals surface area contributed by atoms with E-state index < -0.39 is 0 Å². The number of nitrogens with zero attached hydrogens (tertiary/aromatic N) is 1. The van der Waals surface area contributed by atoms with Gasteiger partial charge in [-0.15, -0.1) is 0 Å². The first kappa shape index (κ1) is 21.2. The second-order valence-corrected chi connectivity index (χ2v) is 8.01. The lowest BCUT2D eigenvalue weighted by Crippen LogP contribution is -2.39. The molecule has 5 heteroatoms. The van der Waals surface area contributed by atoms with Crippen LogP contribution in [0.2, 0.25) is 0 Å². The molecule has 0 aliphatic carbocycles. The average Bonchev–Trinajstić information content (AvgIpc) is 2.83. The second-order valence-electron chi connectivity index (χ2n) is 8.01. The Labute approximate surface area is 184 Å². The van der Waals surface area contributed by atoms with Gasteiger partial charge in [-0.25, -0.2) is 0 Å². The van der Waals surface area contributed by atoms with E-state index in [0.717, 1.165) is 53.7 Å². The van der Waals surface area contributed by atoms with Gasteiger partial charge in [-0.1, -0.05) is 30.3 Å². The van der Waals surface area contributed by atoms with Crippen LogP contribution in [0.3, 0.4) is 0 Å². The van der Waals surface area contributed by atoms with Crippen LogP contribution >= 0.6 is 0 Å². The van der Waals surface area contributed by atoms with E-state index in [0.29, 0.717) is 18.9 Å². The fourth-order valence-corrected chi connectivity index (χ4v) is 4.35. The number of ether oxygens (including phenoxy) is 2. The smallest absolute Gasteiger partial charge is 0.224 e. The first-order valence-corrected chi connectivity index (χ1v) is 10.9. The number of amides is 1. The van der Waals surface area contributed by atoms with Gasteiger partial charge in [0.25, 0.3) is 0 Å². The van der Waals surface area contributed by atoms with Crippen molar-refractivity contribution in [2.75, 3.05) is 37.5 Å². The van der Waals surface area contributed by atoms with Gasteiger partial charge in [-0.05, 0) is 60.4 Å². The largest absolute Gasteiger partial charge is 0.496 e. The van der Waals surface area contributed by atoms with Crippen LogP contribution in [0.25, 0.3) is 10.8 Å². The normalized spacial score (nSPS) is 16.3. The average molecular weight is 419 g/mol. The maximum absolute atomic E-state index is 12.6. The van der Waals surface area contributed by atoms with Crippen molar-refractivity contribution >= 4 is 28.1 Å². The molecule has 31 heavy (non-hydrogen) atoms. The highest BCUT2D eigenvalue weighted by Gasteiger charge is 2.19. The fourth-order valence-electron chi connectivity index (χ4n) is 4.35. The van der Waals surface area contributed by atoms with Crippen LogP contribution in [0.4, 0.5) is 11.4 Å². The number of methoxy groups -OCH3 is 2. The van der Waals surface area contributed by atoms with Gasteiger partial charge >= 0.3 is 0 Å². The number of anilines is 2. The van der Waals surface area contributed by atoms with Crippen molar-refractivity contribution < 1.29 is 14.3 Å². The monoisotopic (exact) mass is 418 g/mol. The summed E-state index contributed by atoms with van der Waals surface area (Å²) in [5.74, 6) is 0.826. The third-order valence-corrected chi connectivity index (χ3v) is 6.05. The Bertz CT molecular complexity index is 1030. The molecule has 0 bridgehead atoms. The van der Waals surface area contributed by atoms with Gasteiger partial charge in [0.1, 0.15) is 5.75 Å². The Kier molecular flexibility index (Phi) is 6.73. The summed E-state index contributed by atoms with van der Waals surface area (Å²) in [6.07, 6.45) is 3.56. The number of hydrogen-bond donors (Lipinski definition) is 1. The number of fused-ring (bicyclic) bond motifs is 1. The molecule has 1 heterocycles. The van der Waals surface area contributed by atoms with Gasteiger partial charge in [-0.3, -0.25) is 4.79 Å². The number of benzene rings is 3. The molecule has 1 atom stereocenters. The number of aryl methyl sites for hydroxylation is 1. The summed E-state index contributed by atoms with van der Waals surface area (Å²) < 4.78 is 11.1. The van der Waals surface area contributed by atoms with Crippen molar-refractivity contribution in [3.63, 3.8) is 0 Å². The number of nitrogens with one attached hydrogen (secondary N) is 1. The van der Waals surface area contributed by atoms with Crippen molar-refractivity contribution in [1.82, 2.24) is 0 Å². The van der Waals surface area contributed by atoms with Gasteiger partial charge in [0.15, 0.2) is 0 Å². The first-order valence-electron chi connectivity index (χ1n) is 10.9. The molecule has 3 aromatic rings. The molecule has 0 spiro atoms. The zero-order valence-electron chi connectivity index (χ0n) is 18.3. The zero-order chi connectivity index (χ0) is 21.6. The van der Waals surface area contributed by atoms with E-state index in [2.05, 4.69) is 40.5 Å². The van der Waals surface area contributed by atoms with Crippen LogP contribution < -0.4 is 15.0 Å². The van der Waals surface area contributed by atoms with E-state index in [-0.39, 0.29) is 5.91 Å². The molecule has 1 aliphatic heterocycles. The van der Waals surface area contributed by atoms with E-state index in [4.69, 9.17) is 9.47 Å². The minimum Gasteiger partial charge on any atom is -0.496 e. The lowest BCUT2D eigenvalue weighted by Gasteiger charge is -2.33. The van der Waals surface area contributed by atoms with Crippen molar-refractivity contribution in [1.29, 1.82) is 0 Å². The third-order valence-electron chi connectivity index (χ3n) is 6.05. The molecule has 0 radical (unpaired) electrons. The zero-order valence-corrected chi connectivity index (χ0v) is 18.3. The fraction of sp³-hybridized carbons (Fsp3) is 0.346. The molecule has 0 aromatic heterocycles. The lowest BCUT2D eigenvalue weighted by atomic mass is 9.99. The topological polar surface area (TPSA) is 50.8 Å². The van der Waals surface area contributed by atoms with E-state index in [9.17, 15) is 4.79 Å². The van der Waals surface area contributed by atoms with Crippen LogP contribution in [-0.2, 0) is 16.0 Å². The molecule has 4 rings (SSSR count). The number of rotatable bonds is 7. The van der Waals surface area contributed by atoms with Gasteiger partial charge < -0.3 is 19.7 Å². The van der Waals surface area contributed by atoms with Gasteiger partial charge in [0.05, 0.1) is 13.2 Å². The molecule has 3 aromatic carbocycles. The van der Waals surface area contributed by atoms with Crippen LogP contribution in [0, 0.1) is 0 Å². The minimum atomic E-state index is 0.000145. The van der Waals surface area contributed by atoms with Gasteiger partial charge in [0, 0.05) is 43.6 Å². The number of carbonyl (C=O) groups is 1. The molecule has 1 saturated heterocycles. The Balaban J connectivity index is 1.38. The summed E-state index contributed by atoms with van der Waals surface area (Å²) in [6.45, 7) is 1.95. The Morgan fingerprint density at radius 1 is 1.06 bits per heavy atom. The molecule has 1 amide bonds. The summed E-state index contributed by atoms with van der Waals surface area (Å²) in [5.41, 5.74) is 3.06. The Morgan fingerprint density at radius 2 is 1.87 bits per heavy atom. The quantitative estimate of drug-likeness (QED) is 0.584. The number of hydrogen-bond acceptors (Lipinski definition) is 4. The SMILES string of the molecule is COc1ccc2ccccc2c1CCC(=O)Nc1ccc(N2CCCC(OC)C2)cc1. The van der Waals surface area contributed by atoms with E-state index in [1.54, 1.807) is 14.2 Å². The summed E-state index contributed by atoms with van der Waals surface area (Å²) in [7, 11) is 3.45. The molecule has 1 fully saturated rings. The highest BCUT2D eigenvalue weighted by atomic mass is 16.5. The van der Waals surface area contributed by atoms with E-state index >= 15 is 0 Å². The van der Waals surface area contributed by atoms with Crippen molar-refractivity contribution in [2.45, 2.75) is 31.8 Å². The minimum absolute atomic E-state index is 0.000145.